The van der Waals surface area contributed by atoms with Gasteiger partial charge in [0, 0.05) is 18.0 Å². The van der Waals surface area contributed by atoms with E-state index in [-0.39, 0.29) is 16.9 Å². The van der Waals surface area contributed by atoms with Gasteiger partial charge in [-0.05, 0) is 47.6 Å². The van der Waals surface area contributed by atoms with Crippen molar-refractivity contribution in [2.45, 2.75) is 67.9 Å². The average Bonchev–Trinajstić information content (AvgIpc) is 2.52. The summed E-state index contributed by atoms with van der Waals surface area (Å²) in [5, 5.41) is 5.37. The fourth-order valence-electron chi connectivity index (χ4n) is 2.14. The zero-order valence-electron chi connectivity index (χ0n) is 17.9. The number of hydrogen-bond acceptors (Lipinski definition) is 3. The number of allylic oxidation sites excluding steroid dienone is 4. The molecule has 1 unspecified atom stereocenters. The molecule has 0 aromatic rings. The van der Waals surface area contributed by atoms with E-state index in [0.29, 0.717) is 0 Å². The lowest BCUT2D eigenvalue weighted by Crippen LogP contribution is -2.24. The maximum absolute atomic E-state index is 3.96. The Morgan fingerprint density at radius 3 is 1.96 bits per heavy atom. The first-order valence-corrected chi connectivity index (χ1v) is 9.91. The predicted octanol–water partition coefficient (Wildman–Crippen LogP) is 6.98. The molecule has 0 bridgehead atoms. The molecule has 2 nitrogen and oxygen atoms in total. The molecule has 0 aliphatic carbocycles. The molecule has 0 aromatic carbocycles. The fourth-order valence-corrected chi connectivity index (χ4v) is 2.43. The second-order valence-corrected chi connectivity index (χ2v) is 8.39. The maximum atomic E-state index is 3.96. The monoisotopic (exact) mass is 364 g/mol. The Balaban J connectivity index is 0. The van der Waals surface area contributed by atoms with Gasteiger partial charge in [0.1, 0.15) is 0 Å². The van der Waals surface area contributed by atoms with Crippen molar-refractivity contribution in [2.75, 3.05) is 7.05 Å². The van der Waals surface area contributed by atoms with E-state index in [9.17, 15) is 0 Å². The number of hydrogen-bond donors (Lipinski definition) is 1. The first-order chi connectivity index (χ1) is 11.6. The zero-order valence-corrected chi connectivity index (χ0v) is 18.8. The van der Waals surface area contributed by atoms with Crippen LogP contribution in [0.4, 0.5) is 0 Å². The van der Waals surface area contributed by atoms with Crippen molar-refractivity contribution in [1.82, 2.24) is 5.32 Å². The van der Waals surface area contributed by atoms with Crippen molar-refractivity contribution < 1.29 is 0 Å². The lowest BCUT2D eigenvalue weighted by molar-refractivity contribution is 0.504. The Kier molecular flexibility index (Phi) is 13.8. The van der Waals surface area contributed by atoms with Gasteiger partial charge in [-0.3, -0.25) is 0 Å². The summed E-state index contributed by atoms with van der Waals surface area (Å²) in [6.07, 6.45) is 9.63. The molecule has 0 aliphatic rings. The van der Waals surface area contributed by atoms with Crippen LogP contribution in [0.3, 0.4) is 0 Å². The molecule has 0 fully saturated rings. The molecule has 25 heavy (non-hydrogen) atoms. The molecule has 0 radical (unpaired) electrons. The highest BCUT2D eigenvalue weighted by Gasteiger charge is 2.17. The van der Waals surface area contributed by atoms with Crippen LogP contribution in [-0.2, 0) is 0 Å². The van der Waals surface area contributed by atoms with E-state index in [0.717, 1.165) is 6.42 Å². The van der Waals surface area contributed by atoms with Gasteiger partial charge in [-0.2, -0.15) is 0 Å². The molecule has 0 amide bonds. The van der Waals surface area contributed by atoms with Crippen LogP contribution < -0.4 is 5.32 Å². The van der Waals surface area contributed by atoms with E-state index < -0.39 is 0 Å². The Labute approximate surface area is 161 Å². The SMILES string of the molecule is C=C/C(=C\C(C/C=C(\C=C\SN=C)C(C)(C)C)NC)C(C)(C)C.CC. The van der Waals surface area contributed by atoms with E-state index in [1.54, 1.807) is 0 Å². The number of rotatable bonds is 8. The zero-order chi connectivity index (χ0) is 20.1. The summed E-state index contributed by atoms with van der Waals surface area (Å²) < 4.78 is 3.80. The Morgan fingerprint density at radius 2 is 1.60 bits per heavy atom. The van der Waals surface area contributed by atoms with Gasteiger partial charge in [-0.15, -0.1) is 0 Å². The molecule has 0 spiro atoms. The van der Waals surface area contributed by atoms with Crippen LogP contribution in [0.1, 0.15) is 61.8 Å². The van der Waals surface area contributed by atoms with Crippen molar-refractivity contribution in [3.05, 3.63) is 47.4 Å². The standard InChI is InChI=1S/C20H34N2S.C2H6/c1-10-16(19(2,3)4)15-18(21-8)12-11-17(20(5,6)7)13-14-23-22-9;1-2/h10-11,13-15,18,21H,1,9,12H2,2-8H3;1-2H3/b14-13+,16-15+,17-11+;. The topological polar surface area (TPSA) is 24.4 Å². The highest BCUT2D eigenvalue weighted by atomic mass is 32.2. The Morgan fingerprint density at radius 1 is 1.08 bits per heavy atom. The van der Waals surface area contributed by atoms with Crippen molar-refractivity contribution in [2.24, 2.45) is 15.2 Å². The fraction of sp³-hybridized carbons (Fsp3) is 0.591. The smallest absolute Gasteiger partial charge is 0.0287 e. The van der Waals surface area contributed by atoms with E-state index in [4.69, 9.17) is 0 Å². The van der Waals surface area contributed by atoms with Gasteiger partial charge in [0.05, 0.1) is 0 Å². The van der Waals surface area contributed by atoms with Crippen LogP contribution in [0.2, 0.25) is 0 Å². The van der Waals surface area contributed by atoms with Crippen LogP contribution in [0, 0.1) is 10.8 Å². The molecule has 0 saturated carbocycles. The molecule has 1 atom stereocenters. The van der Waals surface area contributed by atoms with Gasteiger partial charge in [0.25, 0.3) is 0 Å². The first kappa shape index (κ1) is 26.2. The molecule has 0 heterocycles. The van der Waals surface area contributed by atoms with Crippen LogP contribution in [0.5, 0.6) is 0 Å². The Bertz CT molecular complexity index is 471. The maximum Gasteiger partial charge on any atom is 0.0287 e. The van der Waals surface area contributed by atoms with Gasteiger partial charge in [0.2, 0.25) is 0 Å². The lowest BCUT2D eigenvalue weighted by atomic mass is 9.83. The van der Waals surface area contributed by atoms with Crippen molar-refractivity contribution in [1.29, 1.82) is 0 Å². The normalized spacial score (nSPS) is 14.8. The van der Waals surface area contributed by atoms with E-state index in [1.165, 1.54) is 23.1 Å². The summed E-state index contributed by atoms with van der Waals surface area (Å²) >= 11 is 1.36. The molecule has 144 valence electrons. The largest absolute Gasteiger partial charge is 0.313 e. The highest BCUT2D eigenvalue weighted by molar-refractivity contribution is 8.00. The summed E-state index contributed by atoms with van der Waals surface area (Å²) in [6.45, 7) is 24.8. The van der Waals surface area contributed by atoms with Gasteiger partial charge < -0.3 is 5.32 Å². The molecular weight excluding hydrogens is 324 g/mol. The lowest BCUT2D eigenvalue weighted by Gasteiger charge is -2.24. The van der Waals surface area contributed by atoms with Crippen LogP contribution in [0.15, 0.2) is 51.8 Å². The molecule has 3 heteroatoms. The molecular formula is C22H40N2S. The third-order valence-electron chi connectivity index (χ3n) is 3.68. The molecule has 1 N–H and O–H groups in total. The second kappa shape index (κ2) is 13.2. The van der Waals surface area contributed by atoms with Gasteiger partial charge in [0.15, 0.2) is 0 Å². The second-order valence-electron chi connectivity index (χ2n) is 7.65. The van der Waals surface area contributed by atoms with Crippen LogP contribution in [0.25, 0.3) is 0 Å². The summed E-state index contributed by atoms with van der Waals surface area (Å²) in [4.78, 5) is 0. The summed E-state index contributed by atoms with van der Waals surface area (Å²) in [6, 6.07) is 0.290. The van der Waals surface area contributed by atoms with Gasteiger partial charge >= 0.3 is 0 Å². The van der Waals surface area contributed by atoms with Crippen LogP contribution >= 0.6 is 11.9 Å². The average molecular weight is 365 g/mol. The highest BCUT2D eigenvalue weighted by Crippen LogP contribution is 2.29. The minimum absolute atomic E-state index is 0.103. The number of likely N-dealkylation sites (N-methyl/N-ethyl adjacent to an activating group) is 1. The van der Waals surface area contributed by atoms with Crippen molar-refractivity contribution >= 4 is 18.7 Å². The molecule has 0 aromatic heterocycles. The van der Waals surface area contributed by atoms with E-state index in [2.05, 4.69) is 82.8 Å². The minimum atomic E-state index is 0.103. The molecule has 0 rings (SSSR count). The van der Waals surface area contributed by atoms with Crippen molar-refractivity contribution in [3.63, 3.8) is 0 Å². The summed E-state index contributed by atoms with van der Waals surface area (Å²) in [5.41, 5.74) is 2.79. The molecule has 0 aliphatic heterocycles. The number of nitrogens with zero attached hydrogens (tertiary/aromatic N) is 1. The van der Waals surface area contributed by atoms with Crippen molar-refractivity contribution in [3.8, 4) is 0 Å². The number of nitrogens with one attached hydrogen (secondary N) is 1. The minimum Gasteiger partial charge on any atom is -0.313 e. The van der Waals surface area contributed by atoms with E-state index >= 15 is 0 Å². The third kappa shape index (κ3) is 12.0. The van der Waals surface area contributed by atoms with Gasteiger partial charge in [-0.25, -0.2) is 4.40 Å². The Hall–Kier alpha value is -1.06. The van der Waals surface area contributed by atoms with Gasteiger partial charge in [-0.1, -0.05) is 86.3 Å². The first-order valence-electron chi connectivity index (χ1n) is 9.07. The van der Waals surface area contributed by atoms with E-state index in [1.807, 2.05) is 32.4 Å². The quantitative estimate of drug-likeness (QED) is 0.285. The molecule has 0 saturated heterocycles. The summed E-state index contributed by atoms with van der Waals surface area (Å²) in [7, 11) is 2.00. The summed E-state index contributed by atoms with van der Waals surface area (Å²) in [5.74, 6) is 0. The third-order valence-corrected chi connectivity index (χ3v) is 4.09. The predicted molar refractivity (Wildman–Crippen MR) is 120 cm³/mol. The van der Waals surface area contributed by atoms with Crippen LogP contribution in [-0.4, -0.2) is 19.8 Å².